The van der Waals surface area contributed by atoms with E-state index in [0.29, 0.717) is 23.0 Å². The highest BCUT2D eigenvalue weighted by atomic mass is 16.6. The van der Waals surface area contributed by atoms with E-state index in [1.165, 1.54) is 0 Å². The van der Waals surface area contributed by atoms with Crippen LogP contribution >= 0.6 is 0 Å². The Balaban J connectivity index is 2.05. The minimum Gasteiger partial charge on any atom is -0.386 e. The zero-order valence-corrected chi connectivity index (χ0v) is 14.0. The van der Waals surface area contributed by atoms with Crippen LogP contribution < -0.4 is 0 Å². The van der Waals surface area contributed by atoms with Crippen molar-refractivity contribution >= 4 is 11.9 Å². The molecule has 2 rings (SSSR count). The van der Waals surface area contributed by atoms with Gasteiger partial charge in [-0.15, -0.1) is 0 Å². The van der Waals surface area contributed by atoms with E-state index in [0.717, 1.165) is 11.1 Å². The van der Waals surface area contributed by atoms with Gasteiger partial charge in [-0.2, -0.15) is 0 Å². The molecule has 0 aliphatic heterocycles. The Morgan fingerprint density at radius 1 is 0.652 bits per heavy atom. The van der Waals surface area contributed by atoms with E-state index in [9.17, 15) is 9.59 Å². The summed E-state index contributed by atoms with van der Waals surface area (Å²) in [6.07, 6.45) is 0. The van der Waals surface area contributed by atoms with Gasteiger partial charge in [0.1, 0.15) is 0 Å². The Kier molecular flexibility index (Phi) is 5.32. The minimum absolute atomic E-state index is 0.376. The third-order valence-electron chi connectivity index (χ3n) is 3.81. The van der Waals surface area contributed by atoms with Crippen LogP contribution in [0.25, 0.3) is 0 Å². The highest BCUT2D eigenvalue weighted by Crippen LogP contribution is 2.17. The van der Waals surface area contributed by atoms with Gasteiger partial charge in [-0.1, -0.05) is 52.0 Å². The summed E-state index contributed by atoms with van der Waals surface area (Å²) in [6.45, 7) is 8.32. The van der Waals surface area contributed by atoms with Crippen LogP contribution in [0.15, 0.2) is 48.5 Å². The largest absolute Gasteiger partial charge is 0.386 e. The van der Waals surface area contributed by atoms with Gasteiger partial charge in [0.25, 0.3) is 0 Å². The van der Waals surface area contributed by atoms with Crippen LogP contribution in [0.1, 0.15) is 71.4 Å². The SMILES string of the molecule is CC(C)c1ccc(C(=O)OC(=O)c2ccc(C(C)C)cc2)cc1. The van der Waals surface area contributed by atoms with Gasteiger partial charge in [0.2, 0.25) is 0 Å². The summed E-state index contributed by atoms with van der Waals surface area (Å²) in [6, 6.07) is 14.3. The zero-order chi connectivity index (χ0) is 17.0. The number of rotatable bonds is 4. The lowest BCUT2D eigenvalue weighted by molar-refractivity contribution is 0.0398. The number of esters is 2. The average molecular weight is 310 g/mol. The summed E-state index contributed by atoms with van der Waals surface area (Å²) in [5.41, 5.74) is 3.03. The Morgan fingerprint density at radius 2 is 0.957 bits per heavy atom. The molecule has 0 aliphatic carbocycles. The molecule has 0 amide bonds. The smallest absolute Gasteiger partial charge is 0.346 e. The predicted octanol–water partition coefficient (Wildman–Crippen LogP) is 4.93. The Bertz CT molecular complexity index is 618. The van der Waals surface area contributed by atoms with E-state index in [4.69, 9.17) is 4.74 Å². The van der Waals surface area contributed by atoms with E-state index < -0.39 is 11.9 Å². The van der Waals surface area contributed by atoms with Crippen molar-refractivity contribution < 1.29 is 14.3 Å². The van der Waals surface area contributed by atoms with Crippen molar-refractivity contribution in [2.45, 2.75) is 39.5 Å². The first-order chi connectivity index (χ1) is 10.9. The van der Waals surface area contributed by atoms with Crippen molar-refractivity contribution in [1.29, 1.82) is 0 Å². The lowest BCUT2D eigenvalue weighted by atomic mass is 10.0. The first-order valence-electron chi connectivity index (χ1n) is 7.85. The number of carbonyl (C=O) groups excluding carboxylic acids is 2. The van der Waals surface area contributed by atoms with E-state index in [-0.39, 0.29) is 0 Å². The van der Waals surface area contributed by atoms with Crippen LogP contribution in [0.5, 0.6) is 0 Å². The second-order valence-electron chi connectivity index (χ2n) is 6.23. The van der Waals surface area contributed by atoms with Crippen LogP contribution in [0.4, 0.5) is 0 Å². The molecule has 0 aromatic heterocycles. The molecule has 2 aromatic rings. The average Bonchev–Trinajstić information content (AvgIpc) is 2.54. The van der Waals surface area contributed by atoms with Gasteiger partial charge in [-0.3, -0.25) is 0 Å². The molecular formula is C20H22O3. The number of ether oxygens (including phenoxy) is 1. The fourth-order valence-electron chi connectivity index (χ4n) is 2.21. The molecule has 0 bridgehead atoms. The van der Waals surface area contributed by atoms with E-state index >= 15 is 0 Å². The van der Waals surface area contributed by atoms with Gasteiger partial charge in [-0.05, 0) is 47.2 Å². The zero-order valence-electron chi connectivity index (χ0n) is 14.0. The molecule has 0 N–H and O–H groups in total. The maximum atomic E-state index is 12.0. The number of benzene rings is 2. The van der Waals surface area contributed by atoms with Gasteiger partial charge in [0.05, 0.1) is 11.1 Å². The molecule has 0 atom stereocenters. The quantitative estimate of drug-likeness (QED) is 0.594. The lowest BCUT2D eigenvalue weighted by Crippen LogP contribution is -2.13. The Hall–Kier alpha value is -2.42. The predicted molar refractivity (Wildman–Crippen MR) is 90.8 cm³/mol. The van der Waals surface area contributed by atoms with Gasteiger partial charge >= 0.3 is 11.9 Å². The third kappa shape index (κ3) is 4.28. The fraction of sp³-hybridized carbons (Fsp3) is 0.300. The molecule has 23 heavy (non-hydrogen) atoms. The molecule has 0 radical (unpaired) electrons. The standard InChI is InChI=1S/C20H22O3/c1-13(2)15-5-9-17(10-6-15)19(21)23-20(22)18-11-7-16(8-12-18)14(3)4/h5-14H,1-4H3. The second-order valence-corrected chi connectivity index (χ2v) is 6.23. The van der Waals surface area contributed by atoms with E-state index in [1.807, 2.05) is 24.3 Å². The van der Waals surface area contributed by atoms with Crippen LogP contribution in [-0.2, 0) is 4.74 Å². The molecule has 0 fully saturated rings. The Labute approximate surface area is 137 Å². The topological polar surface area (TPSA) is 43.4 Å². The molecule has 3 nitrogen and oxygen atoms in total. The summed E-state index contributed by atoms with van der Waals surface area (Å²) >= 11 is 0. The van der Waals surface area contributed by atoms with Crippen molar-refractivity contribution in [1.82, 2.24) is 0 Å². The van der Waals surface area contributed by atoms with Gasteiger partial charge in [0, 0.05) is 0 Å². The molecule has 2 aromatic carbocycles. The summed E-state index contributed by atoms with van der Waals surface area (Å²) in [7, 11) is 0. The van der Waals surface area contributed by atoms with Crippen LogP contribution in [0.3, 0.4) is 0 Å². The summed E-state index contributed by atoms with van der Waals surface area (Å²) in [4.78, 5) is 24.1. The molecule has 0 unspecified atom stereocenters. The van der Waals surface area contributed by atoms with Crippen LogP contribution in [0, 0.1) is 0 Å². The maximum absolute atomic E-state index is 12.0. The van der Waals surface area contributed by atoms with Crippen molar-refractivity contribution in [3.05, 3.63) is 70.8 Å². The first-order valence-corrected chi connectivity index (χ1v) is 7.85. The Morgan fingerprint density at radius 3 is 1.22 bits per heavy atom. The van der Waals surface area contributed by atoms with Crippen LogP contribution in [0.2, 0.25) is 0 Å². The number of hydrogen-bond donors (Lipinski definition) is 0. The molecule has 0 heterocycles. The fourth-order valence-corrected chi connectivity index (χ4v) is 2.21. The molecule has 0 spiro atoms. The lowest BCUT2D eigenvalue weighted by Gasteiger charge is -2.08. The molecule has 0 saturated heterocycles. The summed E-state index contributed by atoms with van der Waals surface area (Å²) in [5.74, 6) is -0.473. The molecule has 3 heteroatoms. The molecule has 0 aliphatic rings. The first kappa shape index (κ1) is 16.9. The van der Waals surface area contributed by atoms with Gasteiger partial charge in [0.15, 0.2) is 0 Å². The number of hydrogen-bond acceptors (Lipinski definition) is 3. The highest BCUT2D eigenvalue weighted by molar-refractivity contribution is 6.02. The number of carbonyl (C=O) groups is 2. The van der Waals surface area contributed by atoms with Crippen molar-refractivity contribution in [3.63, 3.8) is 0 Å². The van der Waals surface area contributed by atoms with E-state index in [2.05, 4.69) is 27.7 Å². The van der Waals surface area contributed by atoms with Gasteiger partial charge in [-0.25, -0.2) is 9.59 Å². The second kappa shape index (κ2) is 7.23. The minimum atomic E-state index is -0.627. The van der Waals surface area contributed by atoms with Crippen molar-refractivity contribution in [2.75, 3.05) is 0 Å². The summed E-state index contributed by atoms with van der Waals surface area (Å²) < 4.78 is 4.95. The molecular weight excluding hydrogens is 288 g/mol. The van der Waals surface area contributed by atoms with Crippen molar-refractivity contribution in [2.24, 2.45) is 0 Å². The third-order valence-corrected chi connectivity index (χ3v) is 3.81. The van der Waals surface area contributed by atoms with Crippen LogP contribution in [-0.4, -0.2) is 11.9 Å². The van der Waals surface area contributed by atoms with Gasteiger partial charge < -0.3 is 4.74 Å². The van der Waals surface area contributed by atoms with Crippen molar-refractivity contribution in [3.8, 4) is 0 Å². The summed E-state index contributed by atoms with van der Waals surface area (Å²) in [5, 5.41) is 0. The maximum Gasteiger partial charge on any atom is 0.346 e. The molecule has 120 valence electrons. The highest BCUT2D eigenvalue weighted by Gasteiger charge is 2.15. The normalized spacial score (nSPS) is 10.9. The monoisotopic (exact) mass is 310 g/mol. The molecule has 0 saturated carbocycles. The van der Waals surface area contributed by atoms with E-state index in [1.54, 1.807) is 24.3 Å².